The molecule has 0 N–H and O–H groups in total. The Labute approximate surface area is 335 Å². The molecule has 2 aliphatic rings. The molecule has 57 heavy (non-hydrogen) atoms. The van der Waals surface area contributed by atoms with Crippen LogP contribution in [-0.4, -0.2) is 78.8 Å². The summed E-state index contributed by atoms with van der Waals surface area (Å²) in [7, 11) is 3.31. The lowest BCUT2D eigenvalue weighted by Gasteiger charge is -2.40. The van der Waals surface area contributed by atoms with Crippen molar-refractivity contribution in [2.24, 2.45) is 7.05 Å². The molecule has 3 heterocycles. The monoisotopic (exact) mass is 800 g/mol. The highest BCUT2D eigenvalue weighted by molar-refractivity contribution is 6.30. The number of nitrogens with zero attached hydrogens (tertiary/aromatic N) is 4. The van der Waals surface area contributed by atoms with E-state index in [9.17, 15) is 18.4 Å². The number of hydrogen-bond donors (Lipinski definition) is 0. The maximum Gasteiger partial charge on any atom is 0.387 e. The fourth-order valence-corrected chi connectivity index (χ4v) is 7.92. The van der Waals surface area contributed by atoms with Gasteiger partial charge in [-0.2, -0.15) is 8.78 Å². The van der Waals surface area contributed by atoms with Gasteiger partial charge in [-0.1, -0.05) is 48.0 Å². The zero-order valence-corrected chi connectivity index (χ0v) is 33.0. The maximum atomic E-state index is 15.8. The first-order valence-electron chi connectivity index (χ1n) is 18.8. The molecule has 4 aromatic carbocycles. The van der Waals surface area contributed by atoms with E-state index < -0.39 is 24.1 Å². The van der Waals surface area contributed by atoms with Crippen molar-refractivity contribution in [3.05, 3.63) is 135 Å². The van der Waals surface area contributed by atoms with Crippen LogP contribution in [0, 0.1) is 19.7 Å². The third-order valence-corrected chi connectivity index (χ3v) is 11.3. The largest absolute Gasteiger partial charge is 0.496 e. The van der Waals surface area contributed by atoms with Crippen molar-refractivity contribution in [3.63, 3.8) is 0 Å². The summed E-state index contributed by atoms with van der Waals surface area (Å²) in [5.74, 6) is -1.97. The topological polar surface area (TPSA) is 76.5 Å². The molecule has 1 aromatic heterocycles. The number of fused-ring (bicyclic) bond motifs is 1. The minimum Gasteiger partial charge on any atom is -0.496 e. The van der Waals surface area contributed by atoms with E-state index in [1.54, 1.807) is 65.8 Å². The van der Waals surface area contributed by atoms with Crippen LogP contribution in [0.25, 0.3) is 11.3 Å². The number of amides is 2. The number of anilines is 1. The van der Waals surface area contributed by atoms with Crippen LogP contribution in [0.3, 0.4) is 0 Å². The van der Waals surface area contributed by atoms with Crippen LogP contribution in [0.5, 0.6) is 11.5 Å². The highest BCUT2D eigenvalue weighted by Crippen LogP contribution is 2.37. The lowest BCUT2D eigenvalue weighted by molar-refractivity contribution is -0.0522. The van der Waals surface area contributed by atoms with Crippen molar-refractivity contribution in [1.82, 2.24) is 14.4 Å². The molecule has 7 rings (SSSR count). The summed E-state index contributed by atoms with van der Waals surface area (Å²) in [6.45, 7) is 3.95. The number of rotatable bonds is 11. The average molecular weight is 801 g/mol. The highest BCUT2D eigenvalue weighted by Gasteiger charge is 2.35. The molecule has 1 fully saturated rings. The normalized spacial score (nSPS) is 15.7. The second kappa shape index (κ2) is 17.1. The number of methoxy groups -OCH3 is 1. The third kappa shape index (κ3) is 8.39. The minimum atomic E-state index is -3.32. The summed E-state index contributed by atoms with van der Waals surface area (Å²) in [4.78, 5) is 35.3. The zero-order chi connectivity index (χ0) is 40.4. The summed E-state index contributed by atoms with van der Waals surface area (Å²) >= 11 is 6.24. The summed E-state index contributed by atoms with van der Waals surface area (Å²) in [5.41, 5.74) is 5.69. The van der Waals surface area contributed by atoms with Gasteiger partial charge < -0.3 is 28.6 Å². The fourth-order valence-electron chi connectivity index (χ4n) is 7.80. The second-order valence-corrected chi connectivity index (χ2v) is 14.8. The summed E-state index contributed by atoms with van der Waals surface area (Å²) < 4.78 is 60.4. The number of carbonyl (C=O) groups excluding carboxylic acids is 2. The molecule has 2 aliphatic heterocycles. The van der Waals surface area contributed by atoms with E-state index in [2.05, 4.69) is 15.7 Å². The number of hydrogen-bond acceptors (Lipinski definition) is 6. The molecule has 2 amide bonds. The van der Waals surface area contributed by atoms with Gasteiger partial charge in [0.05, 0.1) is 38.0 Å². The van der Waals surface area contributed by atoms with Crippen LogP contribution in [0.2, 0.25) is 5.02 Å². The Morgan fingerprint density at radius 2 is 1.65 bits per heavy atom. The first-order valence-corrected chi connectivity index (χ1v) is 19.1. The van der Waals surface area contributed by atoms with Crippen molar-refractivity contribution in [2.45, 2.75) is 46.0 Å². The van der Waals surface area contributed by atoms with Crippen LogP contribution >= 0.6 is 11.6 Å². The smallest absolute Gasteiger partial charge is 0.387 e. The molecular formula is C44H44ClF3N4O5. The van der Waals surface area contributed by atoms with Crippen LogP contribution in [0.1, 0.15) is 48.7 Å². The molecule has 0 aliphatic carbocycles. The Morgan fingerprint density at radius 3 is 2.35 bits per heavy atom. The quantitative estimate of drug-likeness (QED) is 0.134. The van der Waals surface area contributed by atoms with Crippen molar-refractivity contribution in [1.29, 1.82) is 0 Å². The van der Waals surface area contributed by atoms with E-state index in [4.69, 9.17) is 21.1 Å². The Balaban J connectivity index is 1.31. The summed E-state index contributed by atoms with van der Waals surface area (Å²) in [6.07, 6.45) is 0.575. The average Bonchev–Trinajstić information content (AvgIpc) is 3.50. The SMILES string of the molecule is COc1cccc(CN(C(=O)c2cc(-c3cc(F)c(OC(F)F)cc3C(=O)N3Cc4ccccc4C[C@H]3CN3CCOCC3)n(C)c2C)c2ccc(Cl)cc2)c1C. The Kier molecular flexibility index (Phi) is 11.9. The summed E-state index contributed by atoms with van der Waals surface area (Å²) in [6, 6.07) is 23.9. The van der Waals surface area contributed by atoms with Crippen molar-refractivity contribution in [2.75, 3.05) is 44.9 Å². The molecule has 0 unspecified atom stereocenters. The van der Waals surface area contributed by atoms with E-state index in [0.29, 0.717) is 72.7 Å². The van der Waals surface area contributed by atoms with Gasteiger partial charge in [0.15, 0.2) is 11.6 Å². The number of carbonyl (C=O) groups is 2. The summed E-state index contributed by atoms with van der Waals surface area (Å²) in [5, 5.41) is 0.504. The number of halogens is 4. The molecule has 0 radical (unpaired) electrons. The van der Waals surface area contributed by atoms with Crippen LogP contribution in [0.15, 0.2) is 84.9 Å². The van der Waals surface area contributed by atoms with E-state index in [0.717, 1.165) is 34.4 Å². The van der Waals surface area contributed by atoms with E-state index in [-0.39, 0.29) is 36.2 Å². The van der Waals surface area contributed by atoms with Crippen LogP contribution in [0.4, 0.5) is 18.9 Å². The first-order chi connectivity index (χ1) is 27.4. The number of aromatic nitrogens is 1. The van der Waals surface area contributed by atoms with E-state index in [1.807, 2.05) is 43.3 Å². The lowest BCUT2D eigenvalue weighted by Crippen LogP contribution is -2.52. The van der Waals surface area contributed by atoms with Gasteiger partial charge >= 0.3 is 6.61 Å². The molecular weight excluding hydrogens is 757 g/mol. The maximum absolute atomic E-state index is 15.8. The predicted octanol–water partition coefficient (Wildman–Crippen LogP) is 8.46. The third-order valence-electron chi connectivity index (χ3n) is 11.1. The van der Waals surface area contributed by atoms with Crippen molar-refractivity contribution < 1.29 is 37.0 Å². The molecule has 9 nitrogen and oxygen atoms in total. The molecule has 13 heteroatoms. The number of alkyl halides is 2. The van der Waals surface area contributed by atoms with Gasteiger partial charge in [-0.05, 0) is 91.1 Å². The fraction of sp³-hybridized carbons (Fsp3) is 0.318. The molecule has 298 valence electrons. The Hall–Kier alpha value is -5.30. The Bertz CT molecular complexity index is 2280. The van der Waals surface area contributed by atoms with Gasteiger partial charge in [-0.15, -0.1) is 0 Å². The molecule has 5 aromatic rings. The first kappa shape index (κ1) is 39.9. The van der Waals surface area contributed by atoms with Gasteiger partial charge in [-0.3, -0.25) is 14.5 Å². The highest BCUT2D eigenvalue weighted by atomic mass is 35.5. The van der Waals surface area contributed by atoms with E-state index >= 15 is 4.39 Å². The standard InChI is InChI=1S/C44H44ClF3N4O5/c1-27-30(10-7-11-40(27)55-4)24-51(33-14-12-32(45)13-15-33)42(53)35-22-39(49(3)28(35)2)36-21-38(46)41(57-44(47)48)23-37(36)43(54)52-25-31-9-6-5-8-29(31)20-34(52)26-50-16-18-56-19-17-50/h5-15,21-23,34,44H,16-20,24-26H2,1-4H3/t34-/m0/s1. The zero-order valence-electron chi connectivity index (χ0n) is 32.2. The van der Waals surface area contributed by atoms with E-state index in [1.165, 1.54) is 0 Å². The lowest BCUT2D eigenvalue weighted by atomic mass is 9.92. The second-order valence-electron chi connectivity index (χ2n) is 14.4. The predicted molar refractivity (Wildman–Crippen MR) is 213 cm³/mol. The Morgan fingerprint density at radius 1 is 0.930 bits per heavy atom. The molecule has 1 saturated heterocycles. The molecule has 1 atom stereocenters. The molecule has 0 bridgehead atoms. The number of morpholine rings is 1. The number of ether oxygens (including phenoxy) is 3. The van der Waals surface area contributed by atoms with Crippen LogP contribution in [-0.2, 0) is 31.3 Å². The van der Waals surface area contributed by atoms with Crippen molar-refractivity contribution >= 4 is 29.1 Å². The van der Waals surface area contributed by atoms with Gasteiger partial charge in [0, 0.05) is 66.9 Å². The van der Waals surface area contributed by atoms with Crippen LogP contribution < -0.4 is 14.4 Å². The van der Waals surface area contributed by atoms with Gasteiger partial charge in [0.2, 0.25) is 0 Å². The van der Waals surface area contributed by atoms with Gasteiger partial charge in [-0.25, -0.2) is 4.39 Å². The molecule has 0 spiro atoms. The number of benzene rings is 4. The van der Waals surface area contributed by atoms with Gasteiger partial charge in [0.1, 0.15) is 5.75 Å². The van der Waals surface area contributed by atoms with Gasteiger partial charge in [0.25, 0.3) is 11.8 Å². The minimum absolute atomic E-state index is 0.0282. The van der Waals surface area contributed by atoms with Crippen molar-refractivity contribution in [3.8, 4) is 22.8 Å². The molecule has 0 saturated carbocycles.